The Kier molecular flexibility index (Phi) is 5.50. The molecule has 2 N–H and O–H groups in total. The van der Waals surface area contributed by atoms with Crippen molar-refractivity contribution in [3.05, 3.63) is 35.9 Å². The number of carbonyl (C=O) groups excluding carboxylic acids is 1. The van der Waals surface area contributed by atoms with E-state index in [9.17, 15) is 14.7 Å². The maximum atomic E-state index is 12.2. The van der Waals surface area contributed by atoms with Gasteiger partial charge in [0, 0.05) is 25.3 Å². The SMILES string of the molecule is CN(C(=O)NC(Cc1ccccc1)C(=O)O)C1CCSC1. The number of nitrogens with zero attached hydrogens (tertiary/aromatic N) is 1. The molecule has 0 radical (unpaired) electrons. The Labute approximate surface area is 128 Å². The van der Waals surface area contributed by atoms with Crippen molar-refractivity contribution in [2.75, 3.05) is 18.6 Å². The fourth-order valence-electron chi connectivity index (χ4n) is 2.29. The summed E-state index contributed by atoms with van der Waals surface area (Å²) in [6, 6.07) is 8.29. The van der Waals surface area contributed by atoms with Gasteiger partial charge in [0.1, 0.15) is 6.04 Å². The van der Waals surface area contributed by atoms with E-state index in [1.165, 1.54) is 0 Å². The molecule has 114 valence electrons. The summed E-state index contributed by atoms with van der Waals surface area (Å²) < 4.78 is 0. The summed E-state index contributed by atoms with van der Waals surface area (Å²) in [6.07, 6.45) is 1.25. The summed E-state index contributed by atoms with van der Waals surface area (Å²) in [5.41, 5.74) is 0.893. The molecule has 0 spiro atoms. The number of rotatable bonds is 5. The summed E-state index contributed by atoms with van der Waals surface area (Å²) in [7, 11) is 1.73. The van der Waals surface area contributed by atoms with Gasteiger partial charge in [-0.2, -0.15) is 11.8 Å². The van der Waals surface area contributed by atoms with Crippen molar-refractivity contribution in [2.45, 2.75) is 24.9 Å². The van der Waals surface area contributed by atoms with Crippen LogP contribution in [0.4, 0.5) is 4.79 Å². The number of aliphatic carboxylic acids is 1. The first-order chi connectivity index (χ1) is 10.1. The number of urea groups is 1. The molecule has 1 aromatic carbocycles. The molecule has 0 aliphatic carbocycles. The van der Waals surface area contributed by atoms with Gasteiger partial charge >= 0.3 is 12.0 Å². The normalized spacial score (nSPS) is 19.0. The average Bonchev–Trinajstić information content (AvgIpc) is 3.00. The fraction of sp³-hybridized carbons (Fsp3) is 0.467. The highest BCUT2D eigenvalue weighted by Gasteiger charge is 2.27. The van der Waals surface area contributed by atoms with E-state index >= 15 is 0 Å². The molecule has 21 heavy (non-hydrogen) atoms. The molecule has 1 aromatic rings. The van der Waals surface area contributed by atoms with Crippen molar-refractivity contribution >= 4 is 23.8 Å². The molecule has 1 heterocycles. The van der Waals surface area contributed by atoms with Crippen LogP contribution in [0.25, 0.3) is 0 Å². The smallest absolute Gasteiger partial charge is 0.326 e. The van der Waals surface area contributed by atoms with Crippen molar-refractivity contribution in [3.63, 3.8) is 0 Å². The largest absolute Gasteiger partial charge is 0.480 e. The van der Waals surface area contributed by atoms with Crippen LogP contribution in [-0.4, -0.2) is 52.6 Å². The molecule has 0 aromatic heterocycles. The van der Waals surface area contributed by atoms with Crippen LogP contribution in [0.3, 0.4) is 0 Å². The summed E-state index contributed by atoms with van der Waals surface area (Å²) >= 11 is 1.82. The number of amides is 2. The molecule has 0 bridgehead atoms. The van der Waals surface area contributed by atoms with Crippen LogP contribution in [0.1, 0.15) is 12.0 Å². The molecule has 1 aliphatic rings. The van der Waals surface area contributed by atoms with E-state index in [0.29, 0.717) is 0 Å². The number of carboxylic acids is 1. The van der Waals surface area contributed by atoms with Crippen LogP contribution >= 0.6 is 11.8 Å². The van der Waals surface area contributed by atoms with Crippen LogP contribution < -0.4 is 5.32 Å². The van der Waals surface area contributed by atoms with Crippen LogP contribution in [0.2, 0.25) is 0 Å². The van der Waals surface area contributed by atoms with Crippen LogP contribution in [0.5, 0.6) is 0 Å². The van der Waals surface area contributed by atoms with E-state index in [0.717, 1.165) is 23.5 Å². The van der Waals surface area contributed by atoms with E-state index in [1.807, 2.05) is 42.1 Å². The number of benzene rings is 1. The van der Waals surface area contributed by atoms with Crippen molar-refractivity contribution in [2.24, 2.45) is 0 Å². The van der Waals surface area contributed by atoms with Gasteiger partial charge in [-0.3, -0.25) is 0 Å². The lowest BCUT2D eigenvalue weighted by Gasteiger charge is -2.26. The van der Waals surface area contributed by atoms with E-state index in [4.69, 9.17) is 0 Å². The maximum Gasteiger partial charge on any atom is 0.326 e. The van der Waals surface area contributed by atoms with Gasteiger partial charge in [-0.25, -0.2) is 9.59 Å². The van der Waals surface area contributed by atoms with E-state index < -0.39 is 12.0 Å². The lowest BCUT2D eigenvalue weighted by molar-refractivity contribution is -0.139. The van der Waals surface area contributed by atoms with Gasteiger partial charge in [0.15, 0.2) is 0 Å². The quantitative estimate of drug-likeness (QED) is 0.870. The topological polar surface area (TPSA) is 69.6 Å². The third-order valence-corrected chi connectivity index (χ3v) is 4.80. The minimum Gasteiger partial charge on any atom is -0.480 e. The van der Waals surface area contributed by atoms with Crippen LogP contribution in [0.15, 0.2) is 30.3 Å². The zero-order valence-electron chi connectivity index (χ0n) is 12.0. The van der Waals surface area contributed by atoms with Crippen LogP contribution in [0, 0.1) is 0 Å². The van der Waals surface area contributed by atoms with Gasteiger partial charge in [0.2, 0.25) is 0 Å². The summed E-state index contributed by atoms with van der Waals surface area (Å²) in [4.78, 5) is 25.1. The lowest BCUT2D eigenvalue weighted by atomic mass is 10.1. The average molecular weight is 308 g/mol. The molecular weight excluding hydrogens is 288 g/mol. The van der Waals surface area contributed by atoms with Gasteiger partial charge in [-0.1, -0.05) is 30.3 Å². The Morgan fingerprint density at radius 2 is 2.14 bits per heavy atom. The number of carboxylic acid groups (broad SMARTS) is 1. The number of hydrogen-bond acceptors (Lipinski definition) is 3. The van der Waals surface area contributed by atoms with Gasteiger partial charge < -0.3 is 15.3 Å². The van der Waals surface area contributed by atoms with Gasteiger partial charge in [0.05, 0.1) is 0 Å². The molecule has 6 heteroatoms. The molecule has 2 amide bonds. The second-order valence-electron chi connectivity index (χ2n) is 5.16. The molecule has 0 saturated carbocycles. The second kappa shape index (κ2) is 7.36. The van der Waals surface area contributed by atoms with Gasteiger partial charge in [0.25, 0.3) is 0 Å². The number of thioether (sulfide) groups is 1. The first-order valence-corrected chi connectivity index (χ1v) is 8.11. The summed E-state index contributed by atoms with van der Waals surface area (Å²) in [5.74, 6) is 0.955. The van der Waals surface area contributed by atoms with Crippen molar-refractivity contribution in [3.8, 4) is 0 Å². The van der Waals surface area contributed by atoms with E-state index in [1.54, 1.807) is 11.9 Å². The molecular formula is C15H20N2O3S. The molecule has 1 aliphatic heterocycles. The van der Waals surface area contributed by atoms with Crippen molar-refractivity contribution in [1.82, 2.24) is 10.2 Å². The molecule has 1 saturated heterocycles. The molecule has 2 unspecified atom stereocenters. The van der Waals surface area contributed by atoms with Crippen LogP contribution in [-0.2, 0) is 11.2 Å². The molecule has 5 nitrogen and oxygen atoms in total. The van der Waals surface area contributed by atoms with Gasteiger partial charge in [-0.15, -0.1) is 0 Å². The predicted octanol–water partition coefficient (Wildman–Crippen LogP) is 1.83. The number of hydrogen-bond donors (Lipinski definition) is 2. The second-order valence-corrected chi connectivity index (χ2v) is 6.31. The standard InChI is InChI=1S/C15H20N2O3S/c1-17(12-7-8-21-10-12)15(20)16-13(14(18)19)9-11-5-3-2-4-6-11/h2-6,12-13H,7-10H2,1H3,(H,16,20)(H,18,19). The Bertz CT molecular complexity index is 489. The zero-order valence-corrected chi connectivity index (χ0v) is 12.8. The highest BCUT2D eigenvalue weighted by molar-refractivity contribution is 7.99. The summed E-state index contributed by atoms with van der Waals surface area (Å²) in [5, 5.41) is 11.9. The molecule has 2 atom stereocenters. The number of carbonyl (C=O) groups is 2. The Balaban J connectivity index is 1.95. The fourth-order valence-corrected chi connectivity index (χ4v) is 3.56. The minimum atomic E-state index is -1.01. The number of nitrogens with one attached hydrogen (secondary N) is 1. The first-order valence-electron chi connectivity index (χ1n) is 6.95. The van der Waals surface area contributed by atoms with E-state index in [-0.39, 0.29) is 18.5 Å². The lowest BCUT2D eigenvalue weighted by Crippen LogP contribution is -2.50. The van der Waals surface area contributed by atoms with E-state index in [2.05, 4.69) is 5.32 Å². The van der Waals surface area contributed by atoms with Gasteiger partial charge in [-0.05, 0) is 17.7 Å². The summed E-state index contributed by atoms with van der Waals surface area (Å²) in [6.45, 7) is 0. The van der Waals surface area contributed by atoms with Crippen molar-refractivity contribution in [1.29, 1.82) is 0 Å². The maximum absolute atomic E-state index is 12.2. The molecule has 1 fully saturated rings. The molecule has 2 rings (SSSR count). The first kappa shape index (κ1) is 15.7. The Hall–Kier alpha value is -1.69. The highest BCUT2D eigenvalue weighted by atomic mass is 32.2. The van der Waals surface area contributed by atoms with Crippen molar-refractivity contribution < 1.29 is 14.7 Å². The third kappa shape index (κ3) is 4.39. The zero-order chi connectivity index (χ0) is 15.2. The Morgan fingerprint density at radius 1 is 1.43 bits per heavy atom. The predicted molar refractivity (Wildman–Crippen MR) is 83.6 cm³/mol. The monoisotopic (exact) mass is 308 g/mol. The Morgan fingerprint density at radius 3 is 2.71 bits per heavy atom. The minimum absolute atomic E-state index is 0.196. The third-order valence-electron chi connectivity index (χ3n) is 3.65. The highest BCUT2D eigenvalue weighted by Crippen LogP contribution is 2.21.